The van der Waals surface area contributed by atoms with Crippen LogP contribution in [0.4, 0.5) is 10.2 Å². The lowest BCUT2D eigenvalue weighted by atomic mass is 9.98. The molecule has 1 saturated heterocycles. The van der Waals surface area contributed by atoms with Crippen LogP contribution in [0.5, 0.6) is 11.5 Å². The Hall–Kier alpha value is -4.82. The normalized spacial score (nSPS) is 16.0. The van der Waals surface area contributed by atoms with Gasteiger partial charge in [0.05, 0.1) is 11.4 Å². The second-order valence-electron chi connectivity index (χ2n) is 11.5. The van der Waals surface area contributed by atoms with Gasteiger partial charge in [0, 0.05) is 36.3 Å². The number of piperidine rings is 1. The van der Waals surface area contributed by atoms with Crippen LogP contribution in [0, 0.1) is 17.1 Å². The van der Waals surface area contributed by atoms with E-state index < -0.39 is 11.4 Å². The van der Waals surface area contributed by atoms with Crippen LogP contribution < -0.4 is 15.8 Å². The summed E-state index contributed by atoms with van der Waals surface area (Å²) in [7, 11) is 0. The van der Waals surface area contributed by atoms with Gasteiger partial charge >= 0.3 is 0 Å². The molecule has 2 aromatic carbocycles. The van der Waals surface area contributed by atoms with E-state index in [0.29, 0.717) is 54.2 Å². The predicted molar refractivity (Wildman–Crippen MR) is 163 cm³/mol. The predicted octanol–water partition coefficient (Wildman–Crippen LogP) is 5.40. The number of amides is 1. The number of rotatable bonds is 8. The van der Waals surface area contributed by atoms with Gasteiger partial charge in [0.1, 0.15) is 46.8 Å². The van der Waals surface area contributed by atoms with Crippen molar-refractivity contribution in [1.29, 1.82) is 5.26 Å². The molecule has 0 spiro atoms. The summed E-state index contributed by atoms with van der Waals surface area (Å²) in [5.41, 5.74) is 6.80. The fourth-order valence-corrected chi connectivity index (χ4v) is 5.61. The van der Waals surface area contributed by atoms with Gasteiger partial charge in [0.25, 0.3) is 5.91 Å². The molecule has 3 N–H and O–H groups in total. The number of nitrogens with two attached hydrogens (primary N) is 1. The first-order valence-corrected chi connectivity index (χ1v) is 14.3. The van der Waals surface area contributed by atoms with Crippen LogP contribution in [0.15, 0.2) is 66.5 Å². The third-order valence-electron chi connectivity index (χ3n) is 7.24. The number of nitriles is 1. The minimum absolute atomic E-state index is 0.0799. The zero-order chi connectivity index (χ0) is 30.7. The molecule has 43 heavy (non-hydrogen) atoms. The molecule has 1 atom stereocenters. The molecule has 1 fully saturated rings. The van der Waals surface area contributed by atoms with E-state index in [9.17, 15) is 10.1 Å². The number of benzene rings is 2. The molecule has 1 amide bonds. The number of aromatic nitrogens is 4. The van der Waals surface area contributed by atoms with Crippen molar-refractivity contribution in [2.24, 2.45) is 0 Å². The molecule has 0 saturated carbocycles. The van der Waals surface area contributed by atoms with Crippen molar-refractivity contribution in [3.05, 3.63) is 72.3 Å². The minimum Gasteiger partial charge on any atom is -0.457 e. The van der Waals surface area contributed by atoms with E-state index in [2.05, 4.69) is 21.4 Å². The van der Waals surface area contributed by atoms with E-state index >= 15 is 4.39 Å². The molecule has 2 aromatic heterocycles. The number of halogens is 1. The Morgan fingerprint density at radius 1 is 1.21 bits per heavy atom. The number of carbonyl (C=O) groups is 1. The van der Waals surface area contributed by atoms with Crippen LogP contribution in [0.25, 0.3) is 22.3 Å². The van der Waals surface area contributed by atoms with Gasteiger partial charge < -0.3 is 20.7 Å². The topological polar surface area (TPSA) is 135 Å². The Morgan fingerprint density at radius 3 is 2.67 bits per heavy atom. The highest BCUT2D eigenvalue weighted by Crippen LogP contribution is 2.36. The Balaban J connectivity index is 1.46. The first-order chi connectivity index (χ1) is 20.6. The maximum absolute atomic E-state index is 15.6. The molecule has 222 valence electrons. The first kappa shape index (κ1) is 29.7. The smallest absolute Gasteiger partial charge is 0.264 e. The number of hydrogen-bond acceptors (Lipinski definition) is 8. The van der Waals surface area contributed by atoms with E-state index in [-0.39, 0.29) is 34.9 Å². The maximum Gasteiger partial charge on any atom is 0.264 e. The van der Waals surface area contributed by atoms with Gasteiger partial charge in [-0.2, -0.15) is 10.4 Å². The van der Waals surface area contributed by atoms with Gasteiger partial charge in [-0.3, -0.25) is 4.79 Å². The van der Waals surface area contributed by atoms with Gasteiger partial charge in [0.15, 0.2) is 5.65 Å². The molecule has 3 heterocycles. The standard InChI is InChI=1S/C32H35FN8O2/c1-20(2)38-32(3,4)16-21(17-34)31(42)40-14-8-9-22(18-40)41-30-27(29(35)36-19-37-30)28(39-41)25-13-12-24(15-26(25)33)43-23-10-6-5-7-11-23/h5-7,10-13,15-16,19-20,22,38H,8-9,14,18H2,1-4H3,(H2,35,36,37)/b21-16-/t22-/m0/s1. The summed E-state index contributed by atoms with van der Waals surface area (Å²) in [6, 6.07) is 15.7. The van der Waals surface area contributed by atoms with Gasteiger partial charge in [-0.1, -0.05) is 32.0 Å². The summed E-state index contributed by atoms with van der Waals surface area (Å²) in [6.45, 7) is 8.69. The third-order valence-corrected chi connectivity index (χ3v) is 7.24. The van der Waals surface area contributed by atoms with Crippen molar-refractivity contribution in [2.45, 2.75) is 58.2 Å². The molecule has 5 rings (SSSR count). The van der Waals surface area contributed by atoms with Crippen molar-refractivity contribution in [3.63, 3.8) is 0 Å². The lowest BCUT2D eigenvalue weighted by molar-refractivity contribution is -0.128. The van der Waals surface area contributed by atoms with Gasteiger partial charge in [-0.25, -0.2) is 19.0 Å². The fourth-order valence-electron chi connectivity index (χ4n) is 5.61. The van der Waals surface area contributed by atoms with Crippen LogP contribution in [-0.4, -0.2) is 55.2 Å². The zero-order valence-corrected chi connectivity index (χ0v) is 24.7. The van der Waals surface area contributed by atoms with Crippen molar-refractivity contribution >= 4 is 22.8 Å². The van der Waals surface area contributed by atoms with E-state index in [4.69, 9.17) is 15.6 Å². The highest BCUT2D eigenvalue weighted by atomic mass is 19.1. The number of ether oxygens (including phenoxy) is 1. The molecular weight excluding hydrogens is 547 g/mol. The zero-order valence-electron chi connectivity index (χ0n) is 24.7. The summed E-state index contributed by atoms with van der Waals surface area (Å²) in [6.07, 6.45) is 4.43. The quantitative estimate of drug-likeness (QED) is 0.208. The molecule has 10 nitrogen and oxygen atoms in total. The second kappa shape index (κ2) is 12.2. The molecule has 1 aliphatic rings. The van der Waals surface area contributed by atoms with Gasteiger partial charge in [-0.15, -0.1) is 0 Å². The van der Waals surface area contributed by atoms with E-state index in [1.807, 2.05) is 45.9 Å². The Bertz CT molecular complexity index is 1710. The molecule has 0 radical (unpaired) electrons. The minimum atomic E-state index is -0.544. The van der Waals surface area contributed by atoms with Crippen molar-refractivity contribution < 1.29 is 13.9 Å². The van der Waals surface area contributed by atoms with Crippen molar-refractivity contribution in [1.82, 2.24) is 30.0 Å². The van der Waals surface area contributed by atoms with Crippen molar-refractivity contribution in [3.8, 4) is 28.8 Å². The summed E-state index contributed by atoms with van der Waals surface area (Å²) < 4.78 is 23.0. The van der Waals surface area contributed by atoms with Gasteiger partial charge in [-0.05, 0) is 57.0 Å². The molecular formula is C32H35FN8O2. The SMILES string of the molecule is CC(C)NC(C)(C)/C=C(/C#N)C(=O)N1CCC[C@H](n2nc(-c3ccc(Oc4ccccc4)cc3F)c3c(N)ncnc32)C1. The van der Waals surface area contributed by atoms with Gasteiger partial charge in [0.2, 0.25) is 0 Å². The molecule has 4 aromatic rings. The largest absolute Gasteiger partial charge is 0.457 e. The highest BCUT2D eigenvalue weighted by Gasteiger charge is 2.31. The maximum atomic E-state index is 15.6. The third kappa shape index (κ3) is 6.49. The number of anilines is 1. The number of nitrogen functional groups attached to an aromatic ring is 1. The average Bonchev–Trinajstić information content (AvgIpc) is 3.36. The summed E-state index contributed by atoms with van der Waals surface area (Å²) in [5.74, 6) is 0.234. The lowest BCUT2D eigenvalue weighted by Crippen LogP contribution is -2.44. The number of likely N-dealkylation sites (tertiary alicyclic amines) is 1. The number of carbonyl (C=O) groups excluding carboxylic acids is 1. The fraction of sp³-hybridized carbons (Fsp3) is 0.344. The summed E-state index contributed by atoms with van der Waals surface area (Å²) >= 11 is 0. The van der Waals surface area contributed by atoms with Crippen molar-refractivity contribution in [2.75, 3.05) is 18.8 Å². The van der Waals surface area contributed by atoms with Crippen LogP contribution in [0.1, 0.15) is 46.6 Å². The molecule has 0 unspecified atom stereocenters. The van der Waals surface area contributed by atoms with Crippen LogP contribution in [-0.2, 0) is 4.79 Å². The number of nitrogens with zero attached hydrogens (tertiary/aromatic N) is 6. The molecule has 0 aliphatic carbocycles. The first-order valence-electron chi connectivity index (χ1n) is 14.3. The molecule has 1 aliphatic heterocycles. The number of nitrogens with one attached hydrogen (secondary N) is 1. The second-order valence-corrected chi connectivity index (χ2v) is 11.5. The van der Waals surface area contributed by atoms with Crippen LogP contribution in [0.2, 0.25) is 0 Å². The number of fused-ring (bicyclic) bond motifs is 1. The highest BCUT2D eigenvalue weighted by molar-refractivity contribution is 5.99. The number of para-hydroxylation sites is 1. The van der Waals surface area contributed by atoms with E-state index in [1.165, 1.54) is 12.4 Å². The number of hydrogen-bond donors (Lipinski definition) is 2. The monoisotopic (exact) mass is 582 g/mol. The Morgan fingerprint density at radius 2 is 1.98 bits per heavy atom. The summed E-state index contributed by atoms with van der Waals surface area (Å²) in [5, 5.41) is 18.4. The Labute approximate surface area is 250 Å². The van der Waals surface area contributed by atoms with E-state index in [0.717, 1.165) is 0 Å². The summed E-state index contributed by atoms with van der Waals surface area (Å²) in [4.78, 5) is 23.8. The Kier molecular flexibility index (Phi) is 8.41. The van der Waals surface area contributed by atoms with Crippen LogP contribution >= 0.6 is 0 Å². The molecule has 11 heteroatoms. The molecule has 0 bridgehead atoms. The van der Waals surface area contributed by atoms with E-state index in [1.54, 1.807) is 39.9 Å². The average molecular weight is 583 g/mol. The lowest BCUT2D eigenvalue weighted by Gasteiger charge is -2.33. The van der Waals surface area contributed by atoms with Crippen LogP contribution in [0.3, 0.4) is 0 Å².